The van der Waals surface area contributed by atoms with Gasteiger partial charge >= 0.3 is 0 Å². The zero-order valence-corrected chi connectivity index (χ0v) is 9.07. The van der Waals surface area contributed by atoms with E-state index in [0.717, 1.165) is 32.8 Å². The van der Waals surface area contributed by atoms with Gasteiger partial charge in [0.15, 0.2) is 0 Å². The molecule has 0 bridgehead atoms. The van der Waals surface area contributed by atoms with E-state index in [1.165, 1.54) is 0 Å². The second-order valence-electron chi connectivity index (χ2n) is 3.74. The fourth-order valence-electron chi connectivity index (χ4n) is 1.71. The summed E-state index contributed by atoms with van der Waals surface area (Å²) in [5.74, 6) is 0. The van der Waals surface area contributed by atoms with E-state index in [1.807, 2.05) is 11.9 Å². The number of hydrogen-bond acceptors (Lipinski definition) is 4. The molecule has 0 aliphatic carbocycles. The monoisotopic (exact) mass is 197 g/mol. The van der Waals surface area contributed by atoms with Crippen LogP contribution in [0, 0.1) is 11.3 Å². The first-order valence-electron chi connectivity index (χ1n) is 5.15. The smallest absolute Gasteiger partial charge is 0.0864 e. The Kier molecular flexibility index (Phi) is 4.88. The fraction of sp³-hybridized carbons (Fsp3) is 0.900. The molecule has 1 rings (SSSR count). The van der Waals surface area contributed by atoms with E-state index in [-0.39, 0.29) is 6.10 Å². The molecule has 80 valence electrons. The first kappa shape index (κ1) is 11.4. The lowest BCUT2D eigenvalue weighted by Crippen LogP contribution is -2.46. The summed E-state index contributed by atoms with van der Waals surface area (Å²) in [6.07, 6.45) is 0.266. The topological polar surface area (TPSA) is 39.5 Å². The van der Waals surface area contributed by atoms with Crippen molar-refractivity contribution in [1.29, 1.82) is 5.26 Å². The Balaban J connectivity index is 2.27. The van der Waals surface area contributed by atoms with Crippen molar-refractivity contribution in [2.24, 2.45) is 0 Å². The summed E-state index contributed by atoms with van der Waals surface area (Å²) < 4.78 is 5.63. The van der Waals surface area contributed by atoms with Gasteiger partial charge in [0.2, 0.25) is 0 Å². The average molecular weight is 197 g/mol. The molecule has 1 atom stereocenters. The lowest BCUT2D eigenvalue weighted by atomic mass is 10.2. The van der Waals surface area contributed by atoms with Gasteiger partial charge in [0.1, 0.15) is 0 Å². The normalized spacial score (nSPS) is 23.7. The zero-order chi connectivity index (χ0) is 10.4. The molecule has 14 heavy (non-hydrogen) atoms. The lowest BCUT2D eigenvalue weighted by molar-refractivity contribution is -0.0376. The van der Waals surface area contributed by atoms with Crippen molar-refractivity contribution < 1.29 is 4.74 Å². The van der Waals surface area contributed by atoms with Gasteiger partial charge in [-0.3, -0.25) is 9.80 Å². The van der Waals surface area contributed by atoms with Crippen LogP contribution in [0.2, 0.25) is 0 Å². The van der Waals surface area contributed by atoms with Gasteiger partial charge in [-0.25, -0.2) is 0 Å². The van der Waals surface area contributed by atoms with Crippen LogP contribution in [0.1, 0.15) is 6.92 Å². The number of nitriles is 1. The largest absolute Gasteiger partial charge is 0.374 e. The zero-order valence-electron chi connectivity index (χ0n) is 9.07. The van der Waals surface area contributed by atoms with Crippen molar-refractivity contribution in [2.45, 2.75) is 13.0 Å². The third-order valence-electron chi connectivity index (χ3n) is 2.53. The van der Waals surface area contributed by atoms with Gasteiger partial charge < -0.3 is 4.74 Å². The Bertz CT molecular complexity index is 202. The lowest BCUT2D eigenvalue weighted by Gasteiger charge is -2.33. The molecule has 1 saturated heterocycles. The van der Waals surface area contributed by atoms with Gasteiger partial charge in [-0.15, -0.1) is 0 Å². The molecule has 0 amide bonds. The first-order valence-corrected chi connectivity index (χ1v) is 5.15. The predicted octanol–water partition coefficient (Wildman–Crippen LogP) is 0.162. The third-order valence-corrected chi connectivity index (χ3v) is 2.53. The van der Waals surface area contributed by atoms with Crippen molar-refractivity contribution in [3.63, 3.8) is 0 Å². The van der Waals surface area contributed by atoms with E-state index in [2.05, 4.69) is 17.9 Å². The Hall–Kier alpha value is -0.630. The highest BCUT2D eigenvalue weighted by Gasteiger charge is 2.20. The van der Waals surface area contributed by atoms with Crippen LogP contribution in [0.15, 0.2) is 0 Å². The summed E-state index contributed by atoms with van der Waals surface area (Å²) in [5, 5.41) is 8.52. The number of nitrogens with zero attached hydrogens (tertiary/aromatic N) is 3. The molecule has 0 saturated carbocycles. The average Bonchev–Trinajstić information content (AvgIpc) is 2.18. The maximum absolute atomic E-state index is 8.52. The molecule has 1 unspecified atom stereocenters. The van der Waals surface area contributed by atoms with Crippen LogP contribution in [0.25, 0.3) is 0 Å². The number of rotatable bonds is 4. The SMILES string of the molecule is CCN1CCOC(CN(C)CC#N)C1. The summed E-state index contributed by atoms with van der Waals surface area (Å²) in [4.78, 5) is 4.39. The van der Waals surface area contributed by atoms with Crippen LogP contribution in [-0.2, 0) is 4.74 Å². The predicted molar refractivity (Wildman–Crippen MR) is 55.0 cm³/mol. The number of likely N-dealkylation sites (N-methyl/N-ethyl adjacent to an activating group) is 2. The summed E-state index contributed by atoms with van der Waals surface area (Å²) in [7, 11) is 1.96. The molecule has 4 nitrogen and oxygen atoms in total. The summed E-state index contributed by atoms with van der Waals surface area (Å²) in [6.45, 7) is 7.43. The molecular formula is C10H19N3O. The second kappa shape index (κ2) is 5.97. The van der Waals surface area contributed by atoms with Gasteiger partial charge in [-0.1, -0.05) is 6.92 Å². The maximum atomic E-state index is 8.52. The van der Waals surface area contributed by atoms with Gasteiger partial charge in [-0.05, 0) is 13.6 Å². The van der Waals surface area contributed by atoms with Crippen molar-refractivity contribution in [2.75, 3.05) is 46.4 Å². The highest BCUT2D eigenvalue weighted by atomic mass is 16.5. The van der Waals surface area contributed by atoms with E-state index in [1.54, 1.807) is 0 Å². The fourth-order valence-corrected chi connectivity index (χ4v) is 1.71. The Morgan fingerprint density at radius 2 is 2.43 bits per heavy atom. The van der Waals surface area contributed by atoms with Crippen molar-refractivity contribution in [1.82, 2.24) is 9.80 Å². The highest BCUT2D eigenvalue weighted by Crippen LogP contribution is 2.05. The van der Waals surface area contributed by atoms with Crippen LogP contribution in [-0.4, -0.2) is 62.3 Å². The van der Waals surface area contributed by atoms with Gasteiger partial charge in [0.25, 0.3) is 0 Å². The van der Waals surface area contributed by atoms with Gasteiger partial charge in [-0.2, -0.15) is 5.26 Å². The van der Waals surface area contributed by atoms with Gasteiger partial charge in [0.05, 0.1) is 25.3 Å². The molecule has 0 N–H and O–H groups in total. The molecule has 0 aromatic rings. The van der Waals surface area contributed by atoms with Crippen LogP contribution in [0.5, 0.6) is 0 Å². The van der Waals surface area contributed by atoms with Crippen LogP contribution >= 0.6 is 0 Å². The molecule has 0 radical (unpaired) electrons. The quantitative estimate of drug-likeness (QED) is 0.602. The molecular weight excluding hydrogens is 178 g/mol. The molecule has 0 aromatic carbocycles. The maximum Gasteiger partial charge on any atom is 0.0864 e. The second-order valence-corrected chi connectivity index (χ2v) is 3.74. The summed E-state index contributed by atoms with van der Waals surface area (Å²) >= 11 is 0. The minimum absolute atomic E-state index is 0.266. The molecule has 1 aliphatic rings. The standard InChI is InChI=1S/C10H19N3O/c1-3-13-6-7-14-10(9-13)8-12(2)5-4-11/h10H,3,5-9H2,1-2H3. The third kappa shape index (κ3) is 3.62. The Morgan fingerprint density at radius 1 is 1.64 bits per heavy atom. The number of morpholine rings is 1. The first-order chi connectivity index (χ1) is 6.76. The minimum Gasteiger partial charge on any atom is -0.374 e. The van der Waals surface area contributed by atoms with Crippen LogP contribution in [0.4, 0.5) is 0 Å². The van der Waals surface area contributed by atoms with E-state index in [0.29, 0.717) is 6.54 Å². The Labute approximate surface area is 86.0 Å². The molecule has 0 aromatic heterocycles. The number of hydrogen-bond donors (Lipinski definition) is 0. The molecule has 0 spiro atoms. The Morgan fingerprint density at radius 3 is 3.07 bits per heavy atom. The summed E-state index contributed by atoms with van der Waals surface area (Å²) in [6, 6.07) is 2.14. The minimum atomic E-state index is 0.266. The van der Waals surface area contributed by atoms with E-state index in [4.69, 9.17) is 10.00 Å². The molecule has 1 heterocycles. The van der Waals surface area contributed by atoms with E-state index >= 15 is 0 Å². The van der Waals surface area contributed by atoms with Crippen molar-refractivity contribution in [3.05, 3.63) is 0 Å². The summed E-state index contributed by atoms with van der Waals surface area (Å²) in [5.41, 5.74) is 0. The van der Waals surface area contributed by atoms with Crippen LogP contribution < -0.4 is 0 Å². The molecule has 1 aliphatic heterocycles. The van der Waals surface area contributed by atoms with Crippen LogP contribution in [0.3, 0.4) is 0 Å². The highest BCUT2D eigenvalue weighted by molar-refractivity contribution is 4.78. The van der Waals surface area contributed by atoms with E-state index in [9.17, 15) is 0 Å². The number of ether oxygens (including phenoxy) is 1. The van der Waals surface area contributed by atoms with Crippen molar-refractivity contribution in [3.8, 4) is 6.07 Å². The van der Waals surface area contributed by atoms with E-state index < -0.39 is 0 Å². The van der Waals surface area contributed by atoms with Crippen molar-refractivity contribution >= 4 is 0 Å². The molecule has 4 heteroatoms. The van der Waals surface area contributed by atoms with Gasteiger partial charge in [0, 0.05) is 19.6 Å². The molecule has 1 fully saturated rings.